The van der Waals surface area contributed by atoms with Crippen molar-refractivity contribution >= 4 is 23.2 Å². The molecule has 1 aromatic heterocycles. The first-order valence-corrected chi connectivity index (χ1v) is 6.77. The first kappa shape index (κ1) is 12.9. The molecule has 2 aromatic rings. The van der Waals surface area contributed by atoms with E-state index < -0.39 is 0 Å². The van der Waals surface area contributed by atoms with Crippen molar-refractivity contribution in [3.05, 3.63) is 41.4 Å². The van der Waals surface area contributed by atoms with Gasteiger partial charge in [0.05, 0.1) is 0 Å². The molecule has 0 atom stereocenters. The van der Waals surface area contributed by atoms with Crippen LogP contribution in [0.2, 0.25) is 5.02 Å². The summed E-state index contributed by atoms with van der Waals surface area (Å²) in [5.74, 6) is 0.189. The van der Waals surface area contributed by atoms with E-state index in [1.54, 1.807) is 4.90 Å². The van der Waals surface area contributed by atoms with Crippen LogP contribution in [-0.4, -0.2) is 52.2 Å². The second-order valence-corrected chi connectivity index (χ2v) is 5.03. The van der Waals surface area contributed by atoms with Crippen LogP contribution in [-0.2, 0) is 0 Å². The second-order valence-electron chi connectivity index (χ2n) is 4.59. The van der Waals surface area contributed by atoms with E-state index in [1.807, 2.05) is 24.3 Å². The average molecular weight is 292 g/mol. The van der Waals surface area contributed by atoms with E-state index >= 15 is 0 Å². The maximum atomic E-state index is 12.1. The predicted octanol–water partition coefficient (Wildman–Crippen LogP) is 1.42. The molecule has 20 heavy (non-hydrogen) atoms. The minimum Gasteiger partial charge on any atom is -0.368 e. The second kappa shape index (κ2) is 5.50. The Morgan fingerprint density at radius 2 is 2.05 bits per heavy atom. The Morgan fingerprint density at radius 1 is 1.25 bits per heavy atom. The maximum Gasteiger partial charge on any atom is 0.291 e. The van der Waals surface area contributed by atoms with Gasteiger partial charge in [-0.25, -0.2) is 4.98 Å². The number of hydrogen-bond donors (Lipinski definition) is 1. The number of H-pyrrole nitrogens is 1. The molecule has 0 saturated carbocycles. The summed E-state index contributed by atoms with van der Waals surface area (Å²) in [5.41, 5.74) is 1.09. The van der Waals surface area contributed by atoms with Gasteiger partial charge in [-0.1, -0.05) is 17.7 Å². The van der Waals surface area contributed by atoms with Gasteiger partial charge in [-0.3, -0.25) is 9.89 Å². The summed E-state index contributed by atoms with van der Waals surface area (Å²) in [5, 5.41) is 7.03. The molecule has 0 spiro atoms. The third-order valence-electron chi connectivity index (χ3n) is 3.36. The topological polar surface area (TPSA) is 65.1 Å². The molecule has 6 nitrogen and oxygen atoms in total. The Kier molecular flexibility index (Phi) is 3.56. The molecule has 0 aliphatic carbocycles. The molecule has 0 unspecified atom stereocenters. The van der Waals surface area contributed by atoms with Crippen molar-refractivity contribution in [3.8, 4) is 0 Å². The van der Waals surface area contributed by atoms with E-state index in [0.29, 0.717) is 18.9 Å². The van der Waals surface area contributed by atoms with Gasteiger partial charge in [-0.05, 0) is 18.2 Å². The number of anilines is 1. The van der Waals surface area contributed by atoms with Gasteiger partial charge >= 0.3 is 0 Å². The number of aromatic amines is 1. The Bertz CT molecular complexity index is 593. The van der Waals surface area contributed by atoms with Crippen LogP contribution in [0.5, 0.6) is 0 Å². The van der Waals surface area contributed by atoms with E-state index in [1.165, 1.54) is 6.33 Å². The number of halogens is 1. The van der Waals surface area contributed by atoms with Crippen LogP contribution in [0.15, 0.2) is 30.6 Å². The molecule has 1 aromatic carbocycles. The smallest absolute Gasteiger partial charge is 0.291 e. The molecule has 2 heterocycles. The number of hydrogen-bond acceptors (Lipinski definition) is 4. The number of aromatic nitrogens is 3. The summed E-state index contributed by atoms with van der Waals surface area (Å²) in [7, 11) is 0. The largest absolute Gasteiger partial charge is 0.368 e. The molecule has 0 bridgehead atoms. The molecule has 3 rings (SSSR count). The highest BCUT2D eigenvalue weighted by molar-refractivity contribution is 6.30. The van der Waals surface area contributed by atoms with Gasteiger partial charge in [0, 0.05) is 36.9 Å². The SMILES string of the molecule is O=C(c1ncn[nH]1)N1CCN(c2cccc(Cl)c2)CC1. The summed E-state index contributed by atoms with van der Waals surface area (Å²) < 4.78 is 0. The Morgan fingerprint density at radius 3 is 2.70 bits per heavy atom. The molecule has 1 aliphatic heterocycles. The molecule has 1 fully saturated rings. The summed E-state index contributed by atoms with van der Waals surface area (Å²) >= 11 is 6.00. The van der Waals surface area contributed by atoms with Crippen molar-refractivity contribution in [2.45, 2.75) is 0 Å². The molecule has 1 N–H and O–H groups in total. The van der Waals surface area contributed by atoms with Crippen molar-refractivity contribution in [1.82, 2.24) is 20.1 Å². The Labute approximate surface area is 121 Å². The molecule has 1 aliphatic rings. The van der Waals surface area contributed by atoms with Crippen LogP contribution in [0, 0.1) is 0 Å². The van der Waals surface area contributed by atoms with E-state index in [2.05, 4.69) is 20.1 Å². The fourth-order valence-corrected chi connectivity index (χ4v) is 2.48. The third kappa shape index (κ3) is 2.60. The summed E-state index contributed by atoms with van der Waals surface area (Å²) in [6.07, 6.45) is 1.34. The number of nitrogens with one attached hydrogen (secondary N) is 1. The van der Waals surface area contributed by atoms with Gasteiger partial charge in [-0.15, -0.1) is 0 Å². The van der Waals surface area contributed by atoms with Gasteiger partial charge in [0.1, 0.15) is 6.33 Å². The monoisotopic (exact) mass is 291 g/mol. The number of rotatable bonds is 2. The normalized spacial score (nSPS) is 15.4. The first-order valence-electron chi connectivity index (χ1n) is 6.39. The van der Waals surface area contributed by atoms with Crippen molar-refractivity contribution in [2.75, 3.05) is 31.1 Å². The predicted molar refractivity (Wildman–Crippen MR) is 76.0 cm³/mol. The highest BCUT2D eigenvalue weighted by Crippen LogP contribution is 2.20. The van der Waals surface area contributed by atoms with Crippen LogP contribution in [0.1, 0.15) is 10.6 Å². The molecule has 1 amide bonds. The van der Waals surface area contributed by atoms with Crippen LogP contribution in [0.3, 0.4) is 0 Å². The lowest BCUT2D eigenvalue weighted by Crippen LogP contribution is -2.49. The zero-order valence-electron chi connectivity index (χ0n) is 10.8. The summed E-state index contributed by atoms with van der Waals surface area (Å²) in [6.45, 7) is 2.87. The quantitative estimate of drug-likeness (QED) is 0.909. The van der Waals surface area contributed by atoms with Crippen molar-refractivity contribution in [3.63, 3.8) is 0 Å². The number of piperazine rings is 1. The van der Waals surface area contributed by atoms with Crippen LogP contribution in [0.4, 0.5) is 5.69 Å². The van der Waals surface area contributed by atoms with Crippen molar-refractivity contribution in [2.24, 2.45) is 0 Å². The van der Waals surface area contributed by atoms with E-state index in [4.69, 9.17) is 11.6 Å². The lowest BCUT2D eigenvalue weighted by molar-refractivity contribution is 0.0735. The lowest BCUT2D eigenvalue weighted by atomic mass is 10.2. The minimum atomic E-state index is -0.103. The third-order valence-corrected chi connectivity index (χ3v) is 3.59. The van der Waals surface area contributed by atoms with Gasteiger partial charge in [-0.2, -0.15) is 5.10 Å². The fourth-order valence-electron chi connectivity index (χ4n) is 2.30. The van der Waals surface area contributed by atoms with E-state index in [-0.39, 0.29) is 5.91 Å². The molecule has 1 saturated heterocycles. The molecule has 104 valence electrons. The molecule has 7 heteroatoms. The molecule has 0 radical (unpaired) electrons. The van der Waals surface area contributed by atoms with Gasteiger partial charge in [0.2, 0.25) is 5.82 Å². The molecular formula is C13H14ClN5O. The Hall–Kier alpha value is -2.08. The van der Waals surface area contributed by atoms with Crippen LogP contribution < -0.4 is 4.90 Å². The number of benzene rings is 1. The van der Waals surface area contributed by atoms with Gasteiger partial charge in [0.15, 0.2) is 0 Å². The lowest BCUT2D eigenvalue weighted by Gasteiger charge is -2.35. The van der Waals surface area contributed by atoms with Gasteiger partial charge < -0.3 is 9.80 Å². The van der Waals surface area contributed by atoms with Gasteiger partial charge in [0.25, 0.3) is 5.91 Å². The fraction of sp³-hybridized carbons (Fsp3) is 0.308. The number of carbonyl (C=O) groups is 1. The van der Waals surface area contributed by atoms with Crippen molar-refractivity contribution < 1.29 is 4.79 Å². The van der Waals surface area contributed by atoms with Crippen molar-refractivity contribution in [1.29, 1.82) is 0 Å². The van der Waals surface area contributed by atoms with Crippen LogP contribution in [0.25, 0.3) is 0 Å². The standard InChI is InChI=1S/C13H14ClN5O/c14-10-2-1-3-11(8-10)18-4-6-19(7-5-18)13(20)12-15-9-16-17-12/h1-3,8-9H,4-7H2,(H,15,16,17). The number of carbonyl (C=O) groups excluding carboxylic acids is 1. The van der Waals surface area contributed by atoms with E-state index in [0.717, 1.165) is 23.8 Å². The summed E-state index contributed by atoms with van der Waals surface area (Å²) in [4.78, 5) is 20.0. The maximum absolute atomic E-state index is 12.1. The van der Waals surface area contributed by atoms with Crippen LogP contribution >= 0.6 is 11.6 Å². The van der Waals surface area contributed by atoms with E-state index in [9.17, 15) is 4.79 Å². The zero-order valence-corrected chi connectivity index (χ0v) is 11.5. The first-order chi connectivity index (χ1) is 9.74. The number of nitrogens with zero attached hydrogens (tertiary/aromatic N) is 4. The average Bonchev–Trinajstić information content (AvgIpc) is 3.01. The highest BCUT2D eigenvalue weighted by atomic mass is 35.5. The highest BCUT2D eigenvalue weighted by Gasteiger charge is 2.23. The minimum absolute atomic E-state index is 0.103. The summed E-state index contributed by atoms with van der Waals surface area (Å²) in [6, 6.07) is 7.76. The molecular weight excluding hydrogens is 278 g/mol. The Balaban J connectivity index is 1.64. The number of amides is 1. The zero-order chi connectivity index (χ0) is 13.9.